The summed E-state index contributed by atoms with van der Waals surface area (Å²) in [6.45, 7) is 4.90. The minimum atomic E-state index is -1.40. The van der Waals surface area contributed by atoms with Crippen molar-refractivity contribution in [3.63, 3.8) is 0 Å². The average Bonchev–Trinajstić information content (AvgIpc) is 3.36. The Morgan fingerprint density at radius 2 is 1.56 bits per heavy atom. The fourth-order valence-corrected chi connectivity index (χ4v) is 5.31. The van der Waals surface area contributed by atoms with Crippen LogP contribution in [0.5, 0.6) is 5.75 Å². The molecule has 43 heavy (non-hydrogen) atoms. The molecule has 0 aliphatic carbocycles. The van der Waals surface area contributed by atoms with E-state index in [4.69, 9.17) is 9.47 Å². The largest absolute Gasteiger partial charge is 0.485 e. The number of hydrazone groups is 1. The molecule has 0 aromatic heterocycles. The predicted octanol–water partition coefficient (Wildman–Crippen LogP) is 6.95. The number of Topliss-reactive ketones (excluding diaryl/α,β-unsaturated/α-hetero) is 1. The fraction of sp³-hybridized carbons (Fsp3) is 0.290. The second-order valence-electron chi connectivity index (χ2n) is 10.6. The number of benzene rings is 3. The minimum absolute atomic E-state index is 0.0607. The molecule has 226 valence electrons. The van der Waals surface area contributed by atoms with Crippen LogP contribution in [0.25, 0.3) is 0 Å². The van der Waals surface area contributed by atoms with Gasteiger partial charge in [-0.3, -0.25) is 14.4 Å². The monoisotopic (exact) mass is 616 g/mol. The van der Waals surface area contributed by atoms with E-state index in [0.717, 1.165) is 16.8 Å². The van der Waals surface area contributed by atoms with Crippen molar-refractivity contribution in [1.29, 1.82) is 0 Å². The van der Waals surface area contributed by atoms with E-state index in [1.807, 2.05) is 0 Å². The molecule has 12 heteroatoms. The van der Waals surface area contributed by atoms with Crippen LogP contribution in [-0.4, -0.2) is 39.9 Å². The van der Waals surface area contributed by atoms with Crippen LogP contribution in [-0.2, 0) is 14.3 Å². The number of esters is 1. The van der Waals surface area contributed by atoms with E-state index in [9.17, 15) is 31.9 Å². The lowest BCUT2D eigenvalue weighted by Gasteiger charge is -2.23. The van der Waals surface area contributed by atoms with Gasteiger partial charge in [0, 0.05) is 36.1 Å². The van der Waals surface area contributed by atoms with Crippen molar-refractivity contribution in [2.75, 3.05) is 6.61 Å². The van der Waals surface area contributed by atoms with E-state index in [-0.39, 0.29) is 42.4 Å². The Bertz CT molecular complexity index is 1530. The Morgan fingerprint density at radius 1 is 0.907 bits per heavy atom. The van der Waals surface area contributed by atoms with Gasteiger partial charge in [0.1, 0.15) is 57.2 Å². The number of rotatable bonds is 10. The van der Waals surface area contributed by atoms with E-state index in [1.165, 1.54) is 24.3 Å². The van der Waals surface area contributed by atoms with Crippen molar-refractivity contribution in [3.05, 3.63) is 101 Å². The van der Waals surface area contributed by atoms with Crippen molar-refractivity contribution in [3.8, 4) is 5.75 Å². The highest BCUT2D eigenvalue weighted by molar-refractivity contribution is 8.14. The number of para-hydroxylation sites is 1. The summed E-state index contributed by atoms with van der Waals surface area (Å²) < 4.78 is 67.4. The first-order valence-electron chi connectivity index (χ1n) is 13.3. The zero-order valence-electron chi connectivity index (χ0n) is 23.5. The van der Waals surface area contributed by atoms with Crippen molar-refractivity contribution in [1.82, 2.24) is 5.01 Å². The maximum Gasteiger partial charge on any atom is 0.306 e. The Kier molecular flexibility index (Phi) is 9.90. The van der Waals surface area contributed by atoms with Crippen LogP contribution in [0.2, 0.25) is 0 Å². The lowest BCUT2D eigenvalue weighted by molar-refractivity contribution is -0.154. The lowest BCUT2D eigenvalue weighted by atomic mass is 10.1. The van der Waals surface area contributed by atoms with Crippen LogP contribution in [0.4, 0.5) is 17.6 Å². The topological polar surface area (TPSA) is 85.3 Å². The number of ketones is 1. The molecule has 4 rings (SSSR count). The van der Waals surface area contributed by atoms with Crippen LogP contribution in [0.15, 0.2) is 65.8 Å². The minimum Gasteiger partial charge on any atom is -0.485 e. The second-order valence-corrected chi connectivity index (χ2v) is 11.7. The highest BCUT2D eigenvalue weighted by Crippen LogP contribution is 2.45. The first-order chi connectivity index (χ1) is 20.3. The smallest absolute Gasteiger partial charge is 0.306 e. The molecule has 1 aliphatic heterocycles. The number of ether oxygens (including phenoxy) is 2. The number of carbonyl (C=O) groups is 3. The summed E-state index contributed by atoms with van der Waals surface area (Å²) >= 11 is 1.04. The molecule has 0 fully saturated rings. The maximum absolute atomic E-state index is 14.6. The van der Waals surface area contributed by atoms with E-state index in [2.05, 4.69) is 5.10 Å². The molecule has 0 radical (unpaired) electrons. The zero-order chi connectivity index (χ0) is 31.3. The second kappa shape index (κ2) is 13.4. The summed E-state index contributed by atoms with van der Waals surface area (Å²) in [5.41, 5.74) is -0.846. The molecule has 1 atom stereocenters. The quantitative estimate of drug-likeness (QED) is 0.181. The van der Waals surface area contributed by atoms with Crippen LogP contribution < -0.4 is 4.74 Å². The summed E-state index contributed by atoms with van der Waals surface area (Å²) in [6, 6.07) is 12.5. The van der Waals surface area contributed by atoms with Gasteiger partial charge in [-0.25, -0.2) is 22.6 Å². The molecule has 3 aromatic rings. The first kappa shape index (κ1) is 31.7. The van der Waals surface area contributed by atoms with Gasteiger partial charge in [-0.05, 0) is 57.5 Å². The van der Waals surface area contributed by atoms with Crippen LogP contribution in [0.1, 0.15) is 66.9 Å². The van der Waals surface area contributed by atoms with Gasteiger partial charge >= 0.3 is 5.97 Å². The van der Waals surface area contributed by atoms with E-state index in [0.29, 0.717) is 23.3 Å². The molecular formula is C31H28F4N2O5S. The molecule has 0 saturated carbocycles. The highest BCUT2D eigenvalue weighted by Gasteiger charge is 2.38. The van der Waals surface area contributed by atoms with Crippen molar-refractivity contribution in [2.45, 2.75) is 51.0 Å². The molecule has 1 unspecified atom stereocenters. The van der Waals surface area contributed by atoms with Gasteiger partial charge in [0.25, 0.3) is 5.91 Å². The summed E-state index contributed by atoms with van der Waals surface area (Å²) in [7, 11) is 0. The summed E-state index contributed by atoms with van der Waals surface area (Å²) in [5.74, 6) is -6.18. The first-order valence-corrected chi connectivity index (χ1v) is 14.1. The summed E-state index contributed by atoms with van der Waals surface area (Å²) in [5, 5.41) is 4.36. The highest BCUT2D eigenvalue weighted by atomic mass is 32.2. The van der Waals surface area contributed by atoms with Gasteiger partial charge in [0.15, 0.2) is 5.78 Å². The lowest BCUT2D eigenvalue weighted by Crippen LogP contribution is -2.28. The van der Waals surface area contributed by atoms with Crippen molar-refractivity contribution in [2.24, 2.45) is 5.10 Å². The van der Waals surface area contributed by atoms with Gasteiger partial charge < -0.3 is 9.47 Å². The Balaban J connectivity index is 1.55. The third kappa shape index (κ3) is 8.22. The molecule has 1 amide bonds. The van der Waals surface area contributed by atoms with Crippen molar-refractivity contribution >= 4 is 34.5 Å². The number of hydrogen-bond acceptors (Lipinski definition) is 7. The standard InChI is InChI=1S/C31H28F4N2O5S/c1-31(2,3)42-26(39)10-6-7-21(38)17-41-25-9-5-4-8-22(25)30-37(29(40)27-23(34)15-20(33)16-24(27)35)36-28(43-30)18-11-13-19(32)14-12-18/h4-5,8-9,11-16,30H,6-7,10,17H2,1-3H3. The Hall–Kier alpha value is -4.19. The molecular weight excluding hydrogens is 588 g/mol. The molecule has 0 spiro atoms. The third-order valence-corrected chi connectivity index (χ3v) is 7.21. The third-order valence-electron chi connectivity index (χ3n) is 5.99. The molecule has 0 N–H and O–H groups in total. The van der Waals surface area contributed by atoms with E-state index < -0.39 is 51.7 Å². The van der Waals surface area contributed by atoms with Crippen LogP contribution >= 0.6 is 11.8 Å². The van der Waals surface area contributed by atoms with Gasteiger partial charge in [-0.2, -0.15) is 5.10 Å². The number of nitrogens with zero attached hydrogens (tertiary/aromatic N) is 2. The zero-order valence-corrected chi connectivity index (χ0v) is 24.4. The molecule has 0 saturated heterocycles. The number of thioether (sulfide) groups is 1. The normalized spacial score (nSPS) is 14.8. The number of amides is 1. The van der Waals surface area contributed by atoms with Crippen molar-refractivity contribution < 1.29 is 41.4 Å². The molecule has 3 aromatic carbocycles. The van der Waals surface area contributed by atoms with Crippen LogP contribution in [0.3, 0.4) is 0 Å². The average molecular weight is 617 g/mol. The maximum atomic E-state index is 14.6. The van der Waals surface area contributed by atoms with Gasteiger partial charge in [0.05, 0.1) is 0 Å². The molecule has 0 bridgehead atoms. The van der Waals surface area contributed by atoms with E-state index >= 15 is 0 Å². The van der Waals surface area contributed by atoms with Gasteiger partial charge in [-0.15, -0.1) is 0 Å². The molecule has 1 aliphatic rings. The fourth-order valence-electron chi connectivity index (χ4n) is 4.12. The summed E-state index contributed by atoms with van der Waals surface area (Å²) in [6.07, 6.45) is 0.393. The van der Waals surface area contributed by atoms with Crippen LogP contribution in [0, 0.1) is 23.3 Å². The number of hydrogen-bond donors (Lipinski definition) is 0. The summed E-state index contributed by atoms with van der Waals surface area (Å²) in [4.78, 5) is 37.9. The van der Waals surface area contributed by atoms with E-state index in [1.54, 1.807) is 45.0 Å². The molecule has 7 nitrogen and oxygen atoms in total. The number of carbonyl (C=O) groups excluding carboxylic acids is 3. The Labute approximate surface area is 249 Å². The SMILES string of the molecule is CC(C)(C)OC(=O)CCCC(=O)COc1ccccc1C1SC(c2ccc(F)cc2)=NN1C(=O)c1c(F)cc(F)cc1F. The predicted molar refractivity (Wildman–Crippen MR) is 152 cm³/mol. The van der Waals surface area contributed by atoms with Gasteiger partial charge in [-0.1, -0.05) is 30.0 Å². The number of halogens is 4. The molecule has 1 heterocycles. The Morgan fingerprint density at radius 3 is 2.21 bits per heavy atom. The van der Waals surface area contributed by atoms with Gasteiger partial charge in [0.2, 0.25) is 0 Å².